The molecule has 0 bridgehead atoms. The third-order valence-corrected chi connectivity index (χ3v) is 6.06. The normalized spacial score (nSPS) is 12.6. The molecule has 0 fully saturated rings. The molecule has 0 radical (unpaired) electrons. The highest BCUT2D eigenvalue weighted by Crippen LogP contribution is 2.27. The minimum absolute atomic E-state index is 0.0307. The van der Waals surface area contributed by atoms with E-state index in [-0.39, 0.29) is 35.7 Å². The summed E-state index contributed by atoms with van der Waals surface area (Å²) in [5.41, 5.74) is 2.72. The number of nitrogens with one attached hydrogen (secondary N) is 1. The lowest BCUT2D eigenvalue weighted by Crippen LogP contribution is -2.45. The zero-order chi connectivity index (χ0) is 24.8. The van der Waals surface area contributed by atoms with Gasteiger partial charge in [-0.1, -0.05) is 65.7 Å². The number of amides is 2. The SMILES string of the molecule is CCCCC(CC)C(=O)N(CC(=O)Nc1cc(C(C)(C)C)nn1-c1ccccc1C)C(C)C. The predicted molar refractivity (Wildman–Crippen MR) is 136 cm³/mol. The van der Waals surface area contributed by atoms with E-state index in [9.17, 15) is 9.59 Å². The molecule has 2 amide bonds. The third kappa shape index (κ3) is 6.92. The summed E-state index contributed by atoms with van der Waals surface area (Å²) in [5, 5.41) is 7.85. The number of unbranched alkanes of at least 4 members (excludes halogenated alkanes) is 1. The largest absolute Gasteiger partial charge is 0.331 e. The van der Waals surface area contributed by atoms with Gasteiger partial charge in [0.1, 0.15) is 12.4 Å². The Labute approximate surface area is 199 Å². The van der Waals surface area contributed by atoms with Crippen LogP contribution in [0.5, 0.6) is 0 Å². The Morgan fingerprint density at radius 2 is 1.82 bits per heavy atom. The topological polar surface area (TPSA) is 67.2 Å². The van der Waals surface area contributed by atoms with Crippen molar-refractivity contribution < 1.29 is 9.59 Å². The second-order valence-corrected chi connectivity index (χ2v) is 10.2. The van der Waals surface area contributed by atoms with E-state index in [1.54, 1.807) is 9.58 Å². The van der Waals surface area contributed by atoms with Gasteiger partial charge in [0.25, 0.3) is 0 Å². The van der Waals surface area contributed by atoms with E-state index in [0.29, 0.717) is 5.82 Å². The van der Waals surface area contributed by atoms with Gasteiger partial charge in [-0.3, -0.25) is 9.59 Å². The Morgan fingerprint density at radius 3 is 2.36 bits per heavy atom. The van der Waals surface area contributed by atoms with Crippen LogP contribution in [0.1, 0.15) is 85.4 Å². The summed E-state index contributed by atoms with van der Waals surface area (Å²) >= 11 is 0. The van der Waals surface area contributed by atoms with Gasteiger partial charge in [-0.15, -0.1) is 0 Å². The lowest BCUT2D eigenvalue weighted by atomic mass is 9.92. The van der Waals surface area contributed by atoms with Gasteiger partial charge in [0.2, 0.25) is 11.8 Å². The van der Waals surface area contributed by atoms with Crippen molar-refractivity contribution in [2.75, 3.05) is 11.9 Å². The smallest absolute Gasteiger partial charge is 0.245 e. The minimum Gasteiger partial charge on any atom is -0.331 e. The molecular formula is C27H42N4O2. The van der Waals surface area contributed by atoms with Crippen LogP contribution in [0.25, 0.3) is 5.69 Å². The minimum atomic E-state index is -0.211. The van der Waals surface area contributed by atoms with Crippen molar-refractivity contribution >= 4 is 17.6 Å². The van der Waals surface area contributed by atoms with Gasteiger partial charge in [0.15, 0.2) is 0 Å². The van der Waals surface area contributed by atoms with Gasteiger partial charge in [0.05, 0.1) is 11.4 Å². The Kier molecular flexibility index (Phi) is 9.26. The van der Waals surface area contributed by atoms with Crippen LogP contribution >= 0.6 is 0 Å². The van der Waals surface area contributed by atoms with Crippen molar-refractivity contribution in [3.8, 4) is 5.69 Å². The van der Waals surface area contributed by atoms with Crippen LogP contribution in [-0.2, 0) is 15.0 Å². The van der Waals surface area contributed by atoms with Gasteiger partial charge in [-0.25, -0.2) is 4.68 Å². The maximum Gasteiger partial charge on any atom is 0.245 e. The van der Waals surface area contributed by atoms with Crippen LogP contribution in [0.3, 0.4) is 0 Å². The molecule has 1 unspecified atom stereocenters. The van der Waals surface area contributed by atoms with Crippen molar-refractivity contribution in [3.05, 3.63) is 41.6 Å². The second-order valence-electron chi connectivity index (χ2n) is 10.2. The first kappa shape index (κ1) is 26.6. The molecule has 182 valence electrons. The van der Waals surface area contributed by atoms with E-state index < -0.39 is 0 Å². The van der Waals surface area contributed by atoms with E-state index >= 15 is 0 Å². The molecule has 1 aromatic carbocycles. The first-order valence-corrected chi connectivity index (χ1v) is 12.3. The molecule has 2 aromatic rings. The molecule has 0 spiro atoms. The number of anilines is 1. The Balaban J connectivity index is 2.30. The number of benzene rings is 1. The Morgan fingerprint density at radius 1 is 1.15 bits per heavy atom. The Bertz CT molecular complexity index is 940. The standard InChI is InChI=1S/C27H42N4O2/c1-9-11-15-21(10-2)26(33)30(19(3)4)18-25(32)28-24-17-23(27(6,7)8)29-31(24)22-16-13-12-14-20(22)5/h12-14,16-17,19,21H,9-11,15,18H2,1-8H3,(H,28,32). The van der Waals surface area contributed by atoms with Gasteiger partial charge in [0, 0.05) is 23.4 Å². The summed E-state index contributed by atoms with van der Waals surface area (Å²) in [6.07, 6.45) is 3.74. The number of aryl methyl sites for hydroxylation is 1. The summed E-state index contributed by atoms with van der Waals surface area (Å²) in [4.78, 5) is 28.1. The van der Waals surface area contributed by atoms with Crippen molar-refractivity contribution in [1.29, 1.82) is 0 Å². The zero-order valence-electron chi connectivity index (χ0n) is 21.7. The van der Waals surface area contributed by atoms with Crippen molar-refractivity contribution in [1.82, 2.24) is 14.7 Å². The number of nitrogens with zero attached hydrogens (tertiary/aromatic N) is 3. The highest BCUT2D eigenvalue weighted by molar-refractivity contribution is 5.94. The summed E-state index contributed by atoms with van der Waals surface area (Å²) in [6.45, 7) is 16.5. The maximum absolute atomic E-state index is 13.2. The molecule has 1 aromatic heterocycles. The fourth-order valence-electron chi connectivity index (χ4n) is 3.86. The fraction of sp³-hybridized carbons (Fsp3) is 0.593. The van der Waals surface area contributed by atoms with E-state index in [1.807, 2.05) is 58.0 Å². The highest BCUT2D eigenvalue weighted by atomic mass is 16.2. The molecule has 0 aliphatic heterocycles. The monoisotopic (exact) mass is 454 g/mol. The fourth-order valence-corrected chi connectivity index (χ4v) is 3.86. The summed E-state index contributed by atoms with van der Waals surface area (Å²) in [5.74, 6) is 0.440. The van der Waals surface area contributed by atoms with Crippen LogP contribution in [0.2, 0.25) is 0 Å². The number of hydrogen-bond acceptors (Lipinski definition) is 3. The number of hydrogen-bond donors (Lipinski definition) is 1. The van der Waals surface area contributed by atoms with Gasteiger partial charge >= 0.3 is 0 Å². The van der Waals surface area contributed by atoms with Crippen LogP contribution < -0.4 is 5.32 Å². The van der Waals surface area contributed by atoms with Crippen LogP contribution in [0.4, 0.5) is 5.82 Å². The van der Waals surface area contributed by atoms with Crippen molar-refractivity contribution in [2.45, 2.75) is 92.5 Å². The molecule has 33 heavy (non-hydrogen) atoms. The lowest BCUT2D eigenvalue weighted by Gasteiger charge is -2.30. The molecule has 0 aliphatic rings. The number of carbonyl (C=O) groups is 2. The molecule has 1 N–H and O–H groups in total. The van der Waals surface area contributed by atoms with Gasteiger partial charge < -0.3 is 10.2 Å². The molecule has 2 rings (SSSR count). The third-order valence-electron chi connectivity index (χ3n) is 6.06. The molecule has 6 heteroatoms. The quantitative estimate of drug-likeness (QED) is 0.488. The zero-order valence-corrected chi connectivity index (χ0v) is 21.7. The predicted octanol–water partition coefficient (Wildman–Crippen LogP) is 5.87. The van der Waals surface area contributed by atoms with Gasteiger partial charge in [-0.2, -0.15) is 5.10 Å². The van der Waals surface area contributed by atoms with E-state index in [4.69, 9.17) is 5.10 Å². The molecule has 0 saturated carbocycles. The van der Waals surface area contributed by atoms with Crippen LogP contribution in [0.15, 0.2) is 30.3 Å². The van der Waals surface area contributed by atoms with Crippen molar-refractivity contribution in [3.63, 3.8) is 0 Å². The maximum atomic E-state index is 13.2. The van der Waals surface area contributed by atoms with E-state index in [0.717, 1.165) is 42.6 Å². The Hall–Kier alpha value is -2.63. The number of carbonyl (C=O) groups excluding carboxylic acids is 2. The van der Waals surface area contributed by atoms with Crippen LogP contribution in [0, 0.1) is 12.8 Å². The van der Waals surface area contributed by atoms with Crippen LogP contribution in [-0.4, -0.2) is 39.1 Å². The first-order valence-electron chi connectivity index (χ1n) is 12.3. The van der Waals surface area contributed by atoms with E-state index in [2.05, 4.69) is 33.0 Å². The molecule has 1 atom stereocenters. The van der Waals surface area contributed by atoms with E-state index in [1.165, 1.54) is 0 Å². The average molecular weight is 455 g/mol. The average Bonchev–Trinajstić information content (AvgIpc) is 3.16. The second kappa shape index (κ2) is 11.5. The molecular weight excluding hydrogens is 412 g/mol. The number of para-hydroxylation sites is 1. The molecule has 1 heterocycles. The molecule has 0 saturated heterocycles. The molecule has 6 nitrogen and oxygen atoms in total. The summed E-state index contributed by atoms with van der Waals surface area (Å²) in [7, 11) is 0. The van der Waals surface area contributed by atoms with Crippen molar-refractivity contribution in [2.24, 2.45) is 5.92 Å². The summed E-state index contributed by atoms with van der Waals surface area (Å²) in [6, 6.07) is 9.85. The number of rotatable bonds is 10. The van der Waals surface area contributed by atoms with Gasteiger partial charge in [-0.05, 0) is 45.2 Å². The lowest BCUT2D eigenvalue weighted by molar-refractivity contribution is -0.140. The first-order chi connectivity index (χ1) is 15.5. The number of aromatic nitrogens is 2. The molecule has 0 aliphatic carbocycles. The highest BCUT2D eigenvalue weighted by Gasteiger charge is 2.27. The summed E-state index contributed by atoms with van der Waals surface area (Å²) < 4.78 is 1.80.